The molecule has 0 atom stereocenters. The second kappa shape index (κ2) is 5.36. The van der Waals surface area contributed by atoms with Crippen molar-refractivity contribution in [2.75, 3.05) is 5.32 Å². The molecule has 5 heteroatoms. The molecule has 0 saturated heterocycles. The fraction of sp³-hybridized carbons (Fsp3) is 0.0625. The Bertz CT molecular complexity index is 726. The van der Waals surface area contributed by atoms with Gasteiger partial charge in [0.25, 0.3) is 5.91 Å². The van der Waals surface area contributed by atoms with Gasteiger partial charge in [-0.15, -0.1) is 0 Å². The smallest absolute Gasteiger partial charge is 0.387 e. The fourth-order valence-corrected chi connectivity index (χ4v) is 2.24. The molecule has 0 unspecified atom stereocenters. The molecule has 2 aromatic carbocycles. The number of carbonyl (C=O) groups is 1. The van der Waals surface area contributed by atoms with E-state index in [0.29, 0.717) is 16.8 Å². The molecule has 0 aromatic heterocycles. The van der Waals surface area contributed by atoms with Gasteiger partial charge in [-0.25, -0.2) is 0 Å². The van der Waals surface area contributed by atoms with Gasteiger partial charge < -0.3 is 10.1 Å². The molecule has 0 saturated carbocycles. The summed E-state index contributed by atoms with van der Waals surface area (Å²) in [7, 11) is 0. The number of benzene rings is 2. The van der Waals surface area contributed by atoms with Crippen LogP contribution in [0, 0.1) is 0 Å². The number of amides is 1. The number of fused-ring (bicyclic) bond motifs is 1. The van der Waals surface area contributed by atoms with Gasteiger partial charge in [-0.3, -0.25) is 4.79 Å². The summed E-state index contributed by atoms with van der Waals surface area (Å²) in [5, 5.41) is 2.73. The van der Waals surface area contributed by atoms with E-state index in [1.165, 1.54) is 6.07 Å². The Balaban J connectivity index is 2.05. The summed E-state index contributed by atoms with van der Waals surface area (Å²) < 4.78 is 29.3. The molecular formula is C16H11F2NO2. The normalized spacial score (nSPS) is 15.2. The van der Waals surface area contributed by atoms with Crippen LogP contribution in [0.25, 0.3) is 11.6 Å². The second-order valence-corrected chi connectivity index (χ2v) is 4.47. The third-order valence-corrected chi connectivity index (χ3v) is 3.14. The zero-order valence-corrected chi connectivity index (χ0v) is 10.8. The third kappa shape index (κ3) is 2.63. The zero-order valence-electron chi connectivity index (χ0n) is 10.8. The van der Waals surface area contributed by atoms with Gasteiger partial charge >= 0.3 is 6.61 Å². The van der Waals surface area contributed by atoms with Crippen LogP contribution < -0.4 is 10.1 Å². The van der Waals surface area contributed by atoms with E-state index >= 15 is 0 Å². The van der Waals surface area contributed by atoms with Crippen molar-refractivity contribution >= 4 is 23.2 Å². The Morgan fingerprint density at radius 1 is 1.05 bits per heavy atom. The van der Waals surface area contributed by atoms with Crippen molar-refractivity contribution in [2.45, 2.75) is 6.61 Å². The van der Waals surface area contributed by atoms with Crippen molar-refractivity contribution in [3.63, 3.8) is 0 Å². The predicted octanol–water partition coefficient (Wildman–Crippen LogP) is 3.78. The summed E-state index contributed by atoms with van der Waals surface area (Å²) >= 11 is 0. The lowest BCUT2D eigenvalue weighted by molar-refractivity contribution is -0.110. The van der Waals surface area contributed by atoms with Crippen LogP contribution in [0.3, 0.4) is 0 Å². The summed E-state index contributed by atoms with van der Waals surface area (Å²) in [5.41, 5.74) is 2.31. The van der Waals surface area contributed by atoms with Crippen molar-refractivity contribution < 1.29 is 18.3 Å². The first kappa shape index (κ1) is 13.3. The van der Waals surface area contributed by atoms with Crippen molar-refractivity contribution in [1.29, 1.82) is 0 Å². The molecule has 0 radical (unpaired) electrons. The molecule has 21 heavy (non-hydrogen) atoms. The number of rotatable bonds is 3. The second-order valence-electron chi connectivity index (χ2n) is 4.47. The molecule has 0 spiro atoms. The molecule has 0 bridgehead atoms. The highest BCUT2D eigenvalue weighted by atomic mass is 19.3. The van der Waals surface area contributed by atoms with Crippen LogP contribution in [-0.4, -0.2) is 12.5 Å². The Labute approximate surface area is 119 Å². The highest BCUT2D eigenvalue weighted by Gasteiger charge is 2.23. The number of para-hydroxylation sites is 2. The van der Waals surface area contributed by atoms with E-state index in [-0.39, 0.29) is 11.7 Å². The molecule has 1 amide bonds. The van der Waals surface area contributed by atoms with Gasteiger partial charge in [0.1, 0.15) is 5.75 Å². The first-order chi connectivity index (χ1) is 10.1. The summed E-state index contributed by atoms with van der Waals surface area (Å²) in [6, 6.07) is 13.6. The molecule has 1 N–H and O–H groups in total. The summed E-state index contributed by atoms with van der Waals surface area (Å²) in [6.07, 6.45) is 1.55. The molecule has 3 rings (SSSR count). The van der Waals surface area contributed by atoms with Gasteiger partial charge in [0.2, 0.25) is 0 Å². The first-order valence-electron chi connectivity index (χ1n) is 6.31. The maximum atomic E-state index is 12.4. The maximum Gasteiger partial charge on any atom is 0.387 e. The minimum Gasteiger partial charge on any atom is -0.434 e. The molecule has 3 nitrogen and oxygen atoms in total. The van der Waals surface area contributed by atoms with Gasteiger partial charge in [-0.2, -0.15) is 8.78 Å². The van der Waals surface area contributed by atoms with E-state index in [1.807, 2.05) is 12.1 Å². The van der Waals surface area contributed by atoms with Crippen molar-refractivity contribution in [3.8, 4) is 5.75 Å². The van der Waals surface area contributed by atoms with E-state index < -0.39 is 6.61 Å². The average Bonchev–Trinajstić information content (AvgIpc) is 2.77. The van der Waals surface area contributed by atoms with Crippen molar-refractivity contribution in [3.05, 3.63) is 59.7 Å². The number of halogens is 2. The predicted molar refractivity (Wildman–Crippen MR) is 76.0 cm³/mol. The lowest BCUT2D eigenvalue weighted by Gasteiger charge is -2.08. The van der Waals surface area contributed by atoms with Gasteiger partial charge in [0.05, 0.1) is 0 Å². The van der Waals surface area contributed by atoms with Crippen LogP contribution in [0.1, 0.15) is 11.1 Å². The van der Waals surface area contributed by atoms with Crippen LogP contribution in [0.15, 0.2) is 48.5 Å². The standard InChI is InChI=1S/C16H11F2NO2/c17-16(18)21-14-8-4-1-5-10(14)9-12-11-6-2-3-7-13(11)19-15(12)20/h1-9,16H,(H,19,20)/b12-9-. The Kier molecular flexibility index (Phi) is 3.39. The Hall–Kier alpha value is -2.69. The van der Waals surface area contributed by atoms with Gasteiger partial charge in [0.15, 0.2) is 0 Å². The van der Waals surface area contributed by atoms with E-state index in [4.69, 9.17) is 0 Å². The number of hydrogen-bond donors (Lipinski definition) is 1. The summed E-state index contributed by atoms with van der Waals surface area (Å²) in [4.78, 5) is 12.0. The molecular weight excluding hydrogens is 276 g/mol. The van der Waals surface area contributed by atoms with Crippen molar-refractivity contribution in [2.24, 2.45) is 0 Å². The summed E-state index contributed by atoms with van der Waals surface area (Å²) in [6.45, 7) is -2.91. The number of carbonyl (C=O) groups excluding carboxylic acids is 1. The molecule has 0 aliphatic carbocycles. The minimum absolute atomic E-state index is 0.0391. The minimum atomic E-state index is -2.91. The molecule has 0 fully saturated rings. The number of nitrogens with one attached hydrogen (secondary N) is 1. The molecule has 1 heterocycles. The third-order valence-electron chi connectivity index (χ3n) is 3.14. The lowest BCUT2D eigenvalue weighted by atomic mass is 10.0. The van der Waals surface area contributed by atoms with E-state index in [2.05, 4.69) is 10.1 Å². The summed E-state index contributed by atoms with van der Waals surface area (Å²) in [5.74, 6) is -0.222. The molecule has 2 aromatic rings. The van der Waals surface area contributed by atoms with Crippen LogP contribution in [0.2, 0.25) is 0 Å². The van der Waals surface area contributed by atoms with E-state index in [1.54, 1.807) is 36.4 Å². The van der Waals surface area contributed by atoms with Gasteiger partial charge in [-0.1, -0.05) is 36.4 Å². The van der Waals surface area contributed by atoms with Crippen LogP contribution in [-0.2, 0) is 4.79 Å². The van der Waals surface area contributed by atoms with Gasteiger partial charge in [0, 0.05) is 22.4 Å². The largest absolute Gasteiger partial charge is 0.434 e. The lowest BCUT2D eigenvalue weighted by Crippen LogP contribution is -2.05. The van der Waals surface area contributed by atoms with E-state index in [9.17, 15) is 13.6 Å². The molecule has 1 aliphatic rings. The maximum absolute atomic E-state index is 12.4. The van der Waals surface area contributed by atoms with E-state index in [0.717, 1.165) is 5.56 Å². The number of hydrogen-bond acceptors (Lipinski definition) is 2. The Morgan fingerprint density at radius 3 is 2.57 bits per heavy atom. The quantitative estimate of drug-likeness (QED) is 0.872. The van der Waals surface area contributed by atoms with Crippen molar-refractivity contribution in [1.82, 2.24) is 0 Å². The topological polar surface area (TPSA) is 38.3 Å². The molecule has 1 aliphatic heterocycles. The Morgan fingerprint density at radius 2 is 1.76 bits per heavy atom. The van der Waals surface area contributed by atoms with Crippen LogP contribution in [0.5, 0.6) is 5.75 Å². The average molecular weight is 287 g/mol. The van der Waals surface area contributed by atoms with Crippen LogP contribution >= 0.6 is 0 Å². The SMILES string of the molecule is O=C1Nc2ccccc2/C1=C/c1ccccc1OC(F)F. The highest BCUT2D eigenvalue weighted by Crippen LogP contribution is 2.34. The zero-order chi connectivity index (χ0) is 14.8. The number of alkyl halides is 2. The van der Waals surface area contributed by atoms with Gasteiger partial charge in [-0.05, 0) is 18.2 Å². The van der Waals surface area contributed by atoms with Crippen LogP contribution in [0.4, 0.5) is 14.5 Å². The fourth-order valence-electron chi connectivity index (χ4n) is 2.24. The number of ether oxygens (including phenoxy) is 1. The highest BCUT2D eigenvalue weighted by molar-refractivity contribution is 6.35. The monoisotopic (exact) mass is 287 g/mol. The number of anilines is 1. The molecule has 106 valence electrons. The first-order valence-corrected chi connectivity index (χ1v) is 6.31.